The highest BCUT2D eigenvalue weighted by molar-refractivity contribution is 5.46. The second-order valence-corrected chi connectivity index (χ2v) is 4.86. The average Bonchev–Trinajstić information content (AvgIpc) is 2.44. The third-order valence-electron chi connectivity index (χ3n) is 3.40. The Morgan fingerprint density at radius 3 is 2.05 bits per heavy atom. The lowest BCUT2D eigenvalue weighted by Crippen LogP contribution is -2.10. The summed E-state index contributed by atoms with van der Waals surface area (Å²) in [6, 6.07) is 11.9. The van der Waals surface area contributed by atoms with Gasteiger partial charge < -0.3 is 5.32 Å². The molecule has 20 heavy (non-hydrogen) atoms. The van der Waals surface area contributed by atoms with Crippen LogP contribution < -0.4 is 5.32 Å². The summed E-state index contributed by atoms with van der Waals surface area (Å²) in [5.41, 5.74) is 2.86. The molecule has 0 aromatic heterocycles. The lowest BCUT2D eigenvalue weighted by atomic mass is 10.0. The summed E-state index contributed by atoms with van der Waals surface area (Å²) in [5.74, 6) is -1.13. The molecule has 1 nitrogen and oxygen atoms in total. The maximum Gasteiger partial charge on any atom is 0.128 e. The minimum atomic E-state index is -0.566. The van der Waals surface area contributed by atoms with E-state index in [4.69, 9.17) is 0 Å². The molecule has 3 heteroatoms. The first-order valence-corrected chi connectivity index (χ1v) is 6.93. The fourth-order valence-electron chi connectivity index (χ4n) is 2.25. The molecule has 106 valence electrons. The third-order valence-corrected chi connectivity index (χ3v) is 3.40. The molecule has 1 atom stereocenters. The summed E-state index contributed by atoms with van der Waals surface area (Å²) >= 11 is 0. The molecule has 0 aliphatic carbocycles. The Morgan fingerprint density at radius 1 is 0.950 bits per heavy atom. The smallest absolute Gasteiger partial charge is 0.128 e. The van der Waals surface area contributed by atoms with Gasteiger partial charge in [-0.1, -0.05) is 38.1 Å². The fraction of sp³-hybridized carbons (Fsp3) is 0.294. The van der Waals surface area contributed by atoms with E-state index in [9.17, 15) is 8.78 Å². The second kappa shape index (κ2) is 6.51. The third kappa shape index (κ3) is 3.56. The zero-order chi connectivity index (χ0) is 14.5. The van der Waals surface area contributed by atoms with Gasteiger partial charge in [0.1, 0.15) is 11.6 Å². The Kier molecular flexibility index (Phi) is 4.72. The van der Waals surface area contributed by atoms with Crippen LogP contribution in [-0.4, -0.2) is 0 Å². The molecule has 0 saturated heterocycles. The topological polar surface area (TPSA) is 12.0 Å². The van der Waals surface area contributed by atoms with Gasteiger partial charge in [-0.3, -0.25) is 0 Å². The maximum atomic E-state index is 13.2. The molecule has 0 fully saturated rings. The highest BCUT2D eigenvalue weighted by Gasteiger charge is 2.10. The number of hydrogen-bond donors (Lipinski definition) is 1. The molecule has 0 aliphatic rings. The Balaban J connectivity index is 2.19. The van der Waals surface area contributed by atoms with Crippen LogP contribution in [0.25, 0.3) is 0 Å². The van der Waals surface area contributed by atoms with Gasteiger partial charge in [-0.2, -0.15) is 0 Å². The van der Waals surface area contributed by atoms with Crippen molar-refractivity contribution in [1.29, 1.82) is 0 Å². The number of hydrogen-bond acceptors (Lipinski definition) is 1. The number of nitrogens with one attached hydrogen (secondary N) is 1. The largest absolute Gasteiger partial charge is 0.378 e. The summed E-state index contributed by atoms with van der Waals surface area (Å²) in [6.45, 7) is 4.15. The Bertz CT molecular complexity index is 543. The van der Waals surface area contributed by atoms with Crippen LogP contribution in [0.5, 0.6) is 0 Å². The molecule has 0 aliphatic heterocycles. The molecule has 0 bridgehead atoms. The number of benzene rings is 2. The molecular formula is C17H19F2N. The van der Waals surface area contributed by atoms with E-state index in [1.165, 1.54) is 17.7 Å². The van der Waals surface area contributed by atoms with Gasteiger partial charge in [-0.15, -0.1) is 0 Å². The van der Waals surface area contributed by atoms with Crippen LogP contribution in [0.4, 0.5) is 14.5 Å². The minimum absolute atomic E-state index is 0.0436. The highest BCUT2D eigenvalue weighted by Crippen LogP contribution is 2.24. The van der Waals surface area contributed by atoms with Crippen molar-refractivity contribution < 1.29 is 8.78 Å². The first-order valence-electron chi connectivity index (χ1n) is 6.93. The number of rotatable bonds is 5. The number of aryl methyl sites for hydroxylation is 1. The summed E-state index contributed by atoms with van der Waals surface area (Å²) in [7, 11) is 0. The molecule has 1 unspecified atom stereocenters. The molecule has 0 heterocycles. The molecule has 1 N–H and O–H groups in total. The van der Waals surface area contributed by atoms with Crippen LogP contribution in [0.3, 0.4) is 0 Å². The first-order chi connectivity index (χ1) is 9.62. The molecule has 2 aromatic rings. The van der Waals surface area contributed by atoms with E-state index in [-0.39, 0.29) is 6.04 Å². The number of halogens is 2. The summed E-state index contributed by atoms with van der Waals surface area (Å²) < 4.78 is 26.4. The van der Waals surface area contributed by atoms with E-state index >= 15 is 0 Å². The lowest BCUT2D eigenvalue weighted by Gasteiger charge is -2.19. The molecule has 0 amide bonds. The van der Waals surface area contributed by atoms with Crippen molar-refractivity contribution in [2.24, 2.45) is 0 Å². The van der Waals surface area contributed by atoms with Crippen LogP contribution in [0.1, 0.15) is 37.4 Å². The molecule has 0 saturated carbocycles. The molecular weight excluding hydrogens is 256 g/mol. The predicted molar refractivity (Wildman–Crippen MR) is 78.8 cm³/mol. The predicted octanol–water partition coefficient (Wildman–Crippen LogP) is 5.09. The van der Waals surface area contributed by atoms with Crippen molar-refractivity contribution in [1.82, 2.24) is 0 Å². The monoisotopic (exact) mass is 275 g/mol. The number of anilines is 1. The highest BCUT2D eigenvalue weighted by atomic mass is 19.1. The van der Waals surface area contributed by atoms with Gasteiger partial charge in [0, 0.05) is 11.8 Å². The van der Waals surface area contributed by atoms with Crippen molar-refractivity contribution in [3.05, 3.63) is 65.2 Å². The van der Waals surface area contributed by atoms with E-state index in [1.807, 2.05) is 6.92 Å². The van der Waals surface area contributed by atoms with Crippen molar-refractivity contribution in [3.63, 3.8) is 0 Å². The maximum absolute atomic E-state index is 13.2. The van der Waals surface area contributed by atoms with Crippen LogP contribution in [0, 0.1) is 11.6 Å². The van der Waals surface area contributed by atoms with E-state index in [0.29, 0.717) is 5.69 Å². The van der Waals surface area contributed by atoms with Gasteiger partial charge in [0.25, 0.3) is 0 Å². The van der Waals surface area contributed by atoms with Crippen molar-refractivity contribution >= 4 is 5.69 Å². The Labute approximate surface area is 118 Å². The quantitative estimate of drug-likeness (QED) is 0.801. The van der Waals surface area contributed by atoms with Crippen LogP contribution >= 0.6 is 0 Å². The van der Waals surface area contributed by atoms with Gasteiger partial charge in [-0.05, 0) is 36.1 Å². The standard InChI is InChI=1S/C17H19F2N/c1-3-12-5-7-13(8-6-12)17(4-2)20-16-10-14(18)9-15(19)11-16/h5-11,17,20H,3-4H2,1-2H3. The van der Waals surface area contributed by atoms with Gasteiger partial charge in [0.15, 0.2) is 0 Å². The minimum Gasteiger partial charge on any atom is -0.378 e. The lowest BCUT2D eigenvalue weighted by molar-refractivity contribution is 0.583. The summed E-state index contributed by atoms with van der Waals surface area (Å²) in [6.07, 6.45) is 1.84. The normalized spacial score (nSPS) is 12.2. The fourth-order valence-corrected chi connectivity index (χ4v) is 2.25. The Morgan fingerprint density at radius 2 is 1.55 bits per heavy atom. The van der Waals surface area contributed by atoms with Crippen molar-refractivity contribution in [2.75, 3.05) is 5.32 Å². The SMILES string of the molecule is CCc1ccc(C(CC)Nc2cc(F)cc(F)c2)cc1. The van der Waals surface area contributed by atoms with Gasteiger partial charge in [-0.25, -0.2) is 8.78 Å². The van der Waals surface area contributed by atoms with Crippen LogP contribution in [0.2, 0.25) is 0 Å². The summed E-state index contributed by atoms with van der Waals surface area (Å²) in [4.78, 5) is 0. The van der Waals surface area contributed by atoms with Crippen molar-refractivity contribution in [2.45, 2.75) is 32.7 Å². The van der Waals surface area contributed by atoms with Gasteiger partial charge in [0.2, 0.25) is 0 Å². The molecule has 0 spiro atoms. The van der Waals surface area contributed by atoms with E-state index < -0.39 is 11.6 Å². The van der Waals surface area contributed by atoms with Gasteiger partial charge in [0.05, 0.1) is 6.04 Å². The van der Waals surface area contributed by atoms with Crippen LogP contribution in [0.15, 0.2) is 42.5 Å². The molecule has 0 radical (unpaired) electrons. The average molecular weight is 275 g/mol. The second-order valence-electron chi connectivity index (χ2n) is 4.86. The van der Waals surface area contributed by atoms with E-state index in [2.05, 4.69) is 36.5 Å². The zero-order valence-electron chi connectivity index (χ0n) is 11.8. The van der Waals surface area contributed by atoms with E-state index in [0.717, 1.165) is 24.5 Å². The molecule has 2 rings (SSSR count). The van der Waals surface area contributed by atoms with Gasteiger partial charge >= 0.3 is 0 Å². The summed E-state index contributed by atoms with van der Waals surface area (Å²) in [5, 5.41) is 3.18. The van der Waals surface area contributed by atoms with E-state index in [1.54, 1.807) is 0 Å². The first kappa shape index (κ1) is 14.5. The zero-order valence-corrected chi connectivity index (χ0v) is 11.8. The van der Waals surface area contributed by atoms with Crippen LogP contribution in [-0.2, 0) is 6.42 Å². The molecule has 2 aromatic carbocycles. The van der Waals surface area contributed by atoms with Crippen molar-refractivity contribution in [3.8, 4) is 0 Å². The Hall–Kier alpha value is -1.90.